The van der Waals surface area contributed by atoms with Gasteiger partial charge in [-0.05, 0) is 13.0 Å². The van der Waals surface area contributed by atoms with Gasteiger partial charge in [0.25, 0.3) is 11.5 Å². The first kappa shape index (κ1) is 10.4. The van der Waals surface area contributed by atoms with Gasteiger partial charge in [0.1, 0.15) is 5.69 Å². The summed E-state index contributed by atoms with van der Waals surface area (Å²) in [5.41, 5.74) is 5.28. The Morgan fingerprint density at radius 3 is 2.93 bits per heavy atom. The Morgan fingerprint density at radius 2 is 2.43 bits per heavy atom. The van der Waals surface area contributed by atoms with Gasteiger partial charge in [-0.3, -0.25) is 9.59 Å². The van der Waals surface area contributed by atoms with Crippen LogP contribution in [0.25, 0.3) is 0 Å². The maximum atomic E-state index is 11.3. The number of hydrogen-bond donors (Lipinski definition) is 3. The van der Waals surface area contributed by atoms with Crippen LogP contribution < -0.4 is 16.6 Å². The number of amides is 1. The summed E-state index contributed by atoms with van der Waals surface area (Å²) >= 11 is 0. The van der Waals surface area contributed by atoms with Crippen LogP contribution in [0.3, 0.4) is 0 Å². The Morgan fingerprint density at radius 1 is 1.71 bits per heavy atom. The van der Waals surface area contributed by atoms with E-state index in [9.17, 15) is 9.59 Å². The summed E-state index contributed by atoms with van der Waals surface area (Å²) in [4.78, 5) is 21.9. The van der Waals surface area contributed by atoms with Crippen molar-refractivity contribution in [2.45, 2.75) is 13.0 Å². The molecule has 1 atom stereocenters. The minimum absolute atomic E-state index is 0.110. The van der Waals surface area contributed by atoms with E-state index >= 15 is 0 Å². The van der Waals surface area contributed by atoms with Gasteiger partial charge in [0, 0.05) is 18.7 Å². The predicted molar refractivity (Wildman–Crippen MR) is 50.8 cm³/mol. The van der Waals surface area contributed by atoms with Crippen molar-refractivity contribution in [3.63, 3.8) is 0 Å². The second-order valence-corrected chi connectivity index (χ2v) is 2.99. The third-order valence-corrected chi connectivity index (χ3v) is 1.50. The molecule has 0 saturated heterocycles. The average Bonchev–Trinajstić information content (AvgIpc) is 2.15. The van der Waals surface area contributed by atoms with Crippen LogP contribution in [0.1, 0.15) is 17.4 Å². The number of H-pyrrole nitrogens is 1. The van der Waals surface area contributed by atoms with Crippen LogP contribution in [-0.2, 0) is 0 Å². The maximum absolute atomic E-state index is 11.3. The molecule has 0 aliphatic rings. The molecule has 6 nitrogen and oxygen atoms in total. The zero-order valence-corrected chi connectivity index (χ0v) is 7.78. The Labute approximate surface area is 80.5 Å². The average molecular weight is 196 g/mol. The van der Waals surface area contributed by atoms with Crippen molar-refractivity contribution < 1.29 is 4.79 Å². The number of hydrogen-bond acceptors (Lipinski definition) is 4. The van der Waals surface area contributed by atoms with Crippen LogP contribution in [-0.4, -0.2) is 28.7 Å². The Bertz CT molecular complexity index is 351. The molecule has 0 spiro atoms. The van der Waals surface area contributed by atoms with Crippen LogP contribution in [0.5, 0.6) is 0 Å². The highest BCUT2D eigenvalue weighted by Crippen LogP contribution is 1.87. The van der Waals surface area contributed by atoms with E-state index in [0.717, 1.165) is 0 Å². The van der Waals surface area contributed by atoms with E-state index in [-0.39, 0.29) is 23.2 Å². The number of carbonyl (C=O) groups is 1. The van der Waals surface area contributed by atoms with Crippen molar-refractivity contribution in [3.05, 3.63) is 28.2 Å². The van der Waals surface area contributed by atoms with Gasteiger partial charge in [0.05, 0.1) is 0 Å². The Kier molecular flexibility index (Phi) is 3.35. The zero-order valence-electron chi connectivity index (χ0n) is 7.78. The van der Waals surface area contributed by atoms with E-state index in [0.29, 0.717) is 6.54 Å². The molecule has 0 saturated carbocycles. The van der Waals surface area contributed by atoms with Crippen LogP contribution in [0.2, 0.25) is 0 Å². The number of aromatic nitrogens is 2. The van der Waals surface area contributed by atoms with Gasteiger partial charge >= 0.3 is 0 Å². The molecule has 1 aromatic heterocycles. The topological polar surface area (TPSA) is 101 Å². The summed E-state index contributed by atoms with van der Waals surface area (Å²) in [5, 5.41) is 8.31. The fourth-order valence-electron chi connectivity index (χ4n) is 0.815. The normalized spacial score (nSPS) is 12.1. The van der Waals surface area contributed by atoms with E-state index in [1.54, 1.807) is 6.92 Å². The molecule has 6 heteroatoms. The number of nitrogens with one attached hydrogen (secondary N) is 2. The molecule has 0 aliphatic heterocycles. The van der Waals surface area contributed by atoms with Gasteiger partial charge in [0.15, 0.2) is 0 Å². The van der Waals surface area contributed by atoms with Gasteiger partial charge in [0.2, 0.25) is 0 Å². The predicted octanol–water partition coefficient (Wildman–Crippen LogP) is -1.15. The number of aromatic amines is 1. The van der Waals surface area contributed by atoms with Gasteiger partial charge < -0.3 is 11.1 Å². The van der Waals surface area contributed by atoms with Crippen LogP contribution in [0.4, 0.5) is 0 Å². The highest BCUT2D eigenvalue weighted by molar-refractivity contribution is 5.91. The summed E-state index contributed by atoms with van der Waals surface area (Å²) < 4.78 is 0. The van der Waals surface area contributed by atoms with E-state index in [4.69, 9.17) is 5.73 Å². The summed E-state index contributed by atoms with van der Waals surface area (Å²) in [5.74, 6) is -0.349. The molecule has 1 aromatic rings. The fraction of sp³-hybridized carbons (Fsp3) is 0.375. The molecule has 4 N–H and O–H groups in total. The lowest BCUT2D eigenvalue weighted by Gasteiger charge is -2.06. The van der Waals surface area contributed by atoms with Crippen LogP contribution in [0.15, 0.2) is 16.9 Å². The molecular weight excluding hydrogens is 184 g/mol. The van der Waals surface area contributed by atoms with Crippen molar-refractivity contribution in [1.29, 1.82) is 0 Å². The molecule has 0 bridgehead atoms. The second-order valence-electron chi connectivity index (χ2n) is 2.99. The van der Waals surface area contributed by atoms with Crippen LogP contribution >= 0.6 is 0 Å². The minimum Gasteiger partial charge on any atom is -0.349 e. The molecule has 1 rings (SSSR count). The van der Waals surface area contributed by atoms with Crippen molar-refractivity contribution in [2.24, 2.45) is 5.73 Å². The highest BCUT2D eigenvalue weighted by atomic mass is 16.2. The summed E-state index contributed by atoms with van der Waals surface area (Å²) in [6.07, 6.45) is 0. The lowest BCUT2D eigenvalue weighted by Crippen LogP contribution is -2.35. The number of nitrogens with two attached hydrogens (primary N) is 1. The molecule has 14 heavy (non-hydrogen) atoms. The molecule has 1 unspecified atom stereocenters. The highest BCUT2D eigenvalue weighted by Gasteiger charge is 2.06. The third kappa shape index (κ3) is 2.98. The second kappa shape index (κ2) is 4.52. The molecule has 0 fully saturated rings. The molecule has 1 heterocycles. The quantitative estimate of drug-likeness (QED) is 0.568. The molecule has 0 aliphatic carbocycles. The zero-order chi connectivity index (χ0) is 10.6. The van der Waals surface area contributed by atoms with E-state index in [2.05, 4.69) is 15.5 Å². The van der Waals surface area contributed by atoms with Crippen LogP contribution in [0, 0.1) is 0 Å². The standard InChI is InChI=1S/C8H12N4O2/c1-5(9)4-10-8(14)6-2-3-7(13)12-11-6/h2-3,5H,4,9H2,1H3,(H,10,14)(H,12,13). The number of nitrogens with zero attached hydrogens (tertiary/aromatic N) is 1. The first-order valence-corrected chi connectivity index (χ1v) is 4.19. The van der Waals surface area contributed by atoms with E-state index in [1.165, 1.54) is 12.1 Å². The maximum Gasteiger partial charge on any atom is 0.271 e. The smallest absolute Gasteiger partial charge is 0.271 e. The molecule has 0 aromatic carbocycles. The van der Waals surface area contributed by atoms with Crippen molar-refractivity contribution >= 4 is 5.91 Å². The van der Waals surface area contributed by atoms with Gasteiger partial charge in [-0.1, -0.05) is 0 Å². The summed E-state index contributed by atoms with van der Waals surface area (Å²) in [7, 11) is 0. The minimum atomic E-state index is -0.349. The van der Waals surface area contributed by atoms with Gasteiger partial charge in [-0.2, -0.15) is 5.10 Å². The third-order valence-electron chi connectivity index (χ3n) is 1.50. The largest absolute Gasteiger partial charge is 0.349 e. The summed E-state index contributed by atoms with van der Waals surface area (Å²) in [6.45, 7) is 2.15. The van der Waals surface area contributed by atoms with Crippen molar-refractivity contribution in [1.82, 2.24) is 15.5 Å². The Hall–Kier alpha value is -1.69. The number of rotatable bonds is 3. The monoisotopic (exact) mass is 196 g/mol. The van der Waals surface area contributed by atoms with Crippen molar-refractivity contribution in [2.75, 3.05) is 6.54 Å². The van der Waals surface area contributed by atoms with Gasteiger partial charge in [-0.25, -0.2) is 5.10 Å². The Balaban J connectivity index is 2.61. The lowest BCUT2D eigenvalue weighted by molar-refractivity contribution is 0.0945. The lowest BCUT2D eigenvalue weighted by atomic mass is 10.3. The molecule has 0 radical (unpaired) electrons. The van der Waals surface area contributed by atoms with Gasteiger partial charge in [-0.15, -0.1) is 0 Å². The van der Waals surface area contributed by atoms with E-state index < -0.39 is 0 Å². The number of carbonyl (C=O) groups excluding carboxylic acids is 1. The first-order chi connectivity index (χ1) is 6.59. The molecular formula is C8H12N4O2. The summed E-state index contributed by atoms with van der Waals surface area (Å²) in [6, 6.07) is 2.49. The SMILES string of the molecule is CC(N)CNC(=O)c1ccc(=O)[nH]n1. The van der Waals surface area contributed by atoms with E-state index in [1.807, 2.05) is 0 Å². The van der Waals surface area contributed by atoms with Crippen molar-refractivity contribution in [3.8, 4) is 0 Å². The molecule has 1 amide bonds. The first-order valence-electron chi connectivity index (χ1n) is 4.19. The fourth-order valence-corrected chi connectivity index (χ4v) is 0.815. The molecule has 76 valence electrons.